The van der Waals surface area contributed by atoms with Gasteiger partial charge in [-0.2, -0.15) is 0 Å². The minimum absolute atomic E-state index is 0.177. The summed E-state index contributed by atoms with van der Waals surface area (Å²) in [5, 5.41) is 3.10. The van der Waals surface area contributed by atoms with Crippen LogP contribution in [0.4, 0.5) is 5.69 Å². The number of nitrogens with one attached hydrogen (secondary N) is 2. The van der Waals surface area contributed by atoms with Gasteiger partial charge >= 0.3 is 0 Å². The van der Waals surface area contributed by atoms with Crippen molar-refractivity contribution in [2.45, 2.75) is 32.2 Å². The molecule has 0 amide bonds. The van der Waals surface area contributed by atoms with Crippen LogP contribution < -0.4 is 10.0 Å². The van der Waals surface area contributed by atoms with E-state index in [9.17, 15) is 8.42 Å². The van der Waals surface area contributed by atoms with Crippen LogP contribution in [0.5, 0.6) is 0 Å². The lowest BCUT2D eigenvalue weighted by Crippen LogP contribution is -2.13. The summed E-state index contributed by atoms with van der Waals surface area (Å²) in [7, 11) is -3.63. The number of rotatable bonds is 6. The average Bonchev–Trinajstić information content (AvgIpc) is 2.81. The van der Waals surface area contributed by atoms with Gasteiger partial charge in [0.15, 0.2) is 0 Å². The first-order chi connectivity index (χ1) is 9.92. The molecule has 1 aromatic heterocycles. The average molecular weight is 308 g/mol. The molecule has 0 bridgehead atoms. The number of aryl methyl sites for hydroxylation is 2. The molecular formula is C15H20N2O3S. The van der Waals surface area contributed by atoms with Crippen molar-refractivity contribution >= 4 is 15.7 Å². The van der Waals surface area contributed by atoms with Gasteiger partial charge in [-0.3, -0.25) is 4.72 Å². The SMILES string of the molecule is CCNCc1cc(S(=O)(=O)Nc2ccc(C)cc2)c(C)o1. The molecule has 1 aromatic carbocycles. The molecule has 0 saturated carbocycles. The number of hydrogen-bond acceptors (Lipinski definition) is 4. The van der Waals surface area contributed by atoms with Crippen LogP contribution in [0.25, 0.3) is 0 Å². The lowest BCUT2D eigenvalue weighted by atomic mass is 10.2. The smallest absolute Gasteiger partial charge is 0.265 e. The summed E-state index contributed by atoms with van der Waals surface area (Å²) in [6, 6.07) is 8.76. The Labute approximate surface area is 125 Å². The van der Waals surface area contributed by atoms with E-state index >= 15 is 0 Å². The van der Waals surface area contributed by atoms with Crippen LogP contribution in [0.2, 0.25) is 0 Å². The van der Waals surface area contributed by atoms with Gasteiger partial charge in [-0.1, -0.05) is 24.6 Å². The Bertz CT molecular complexity index is 703. The highest BCUT2D eigenvalue weighted by atomic mass is 32.2. The normalized spacial score (nSPS) is 11.6. The molecule has 0 radical (unpaired) electrons. The molecule has 0 unspecified atom stereocenters. The van der Waals surface area contributed by atoms with Crippen LogP contribution in [0.1, 0.15) is 24.0 Å². The summed E-state index contributed by atoms with van der Waals surface area (Å²) in [5.74, 6) is 1.00. The molecule has 2 rings (SSSR count). The molecule has 5 nitrogen and oxygen atoms in total. The molecule has 1 heterocycles. The maximum atomic E-state index is 12.4. The first-order valence-corrected chi connectivity index (χ1v) is 8.30. The Morgan fingerprint density at radius 3 is 2.43 bits per heavy atom. The van der Waals surface area contributed by atoms with Crippen molar-refractivity contribution in [1.29, 1.82) is 0 Å². The number of hydrogen-bond donors (Lipinski definition) is 2. The zero-order chi connectivity index (χ0) is 15.5. The van der Waals surface area contributed by atoms with Crippen LogP contribution in [0, 0.1) is 13.8 Å². The minimum Gasteiger partial charge on any atom is -0.464 e. The molecule has 6 heteroatoms. The van der Waals surface area contributed by atoms with Gasteiger partial charge in [0.25, 0.3) is 10.0 Å². The quantitative estimate of drug-likeness (QED) is 0.861. The molecule has 21 heavy (non-hydrogen) atoms. The molecule has 2 aromatic rings. The molecule has 0 spiro atoms. The third kappa shape index (κ3) is 3.86. The molecular weight excluding hydrogens is 288 g/mol. The Hall–Kier alpha value is -1.79. The zero-order valence-corrected chi connectivity index (χ0v) is 13.3. The van der Waals surface area contributed by atoms with Crippen LogP contribution >= 0.6 is 0 Å². The zero-order valence-electron chi connectivity index (χ0n) is 12.4. The molecule has 114 valence electrons. The maximum absolute atomic E-state index is 12.4. The van der Waals surface area contributed by atoms with E-state index in [4.69, 9.17) is 4.42 Å². The second-order valence-corrected chi connectivity index (χ2v) is 6.54. The van der Waals surface area contributed by atoms with Crippen LogP contribution in [0.15, 0.2) is 39.6 Å². The lowest BCUT2D eigenvalue weighted by molar-refractivity contribution is 0.460. The highest BCUT2D eigenvalue weighted by molar-refractivity contribution is 7.92. The lowest BCUT2D eigenvalue weighted by Gasteiger charge is -2.07. The highest BCUT2D eigenvalue weighted by Crippen LogP contribution is 2.23. The van der Waals surface area contributed by atoms with Gasteiger partial charge in [-0.15, -0.1) is 0 Å². The Kier molecular flexibility index (Phi) is 4.69. The Balaban J connectivity index is 2.22. The molecule has 0 saturated heterocycles. The van der Waals surface area contributed by atoms with Crippen LogP contribution in [-0.4, -0.2) is 15.0 Å². The van der Waals surface area contributed by atoms with E-state index < -0.39 is 10.0 Å². The molecule has 0 aliphatic rings. The van der Waals surface area contributed by atoms with Gasteiger partial charge in [-0.05, 0) is 32.5 Å². The fourth-order valence-electron chi connectivity index (χ4n) is 1.96. The van der Waals surface area contributed by atoms with Crippen molar-refractivity contribution in [2.75, 3.05) is 11.3 Å². The monoisotopic (exact) mass is 308 g/mol. The van der Waals surface area contributed by atoms with Crippen LogP contribution in [0.3, 0.4) is 0 Å². The third-order valence-corrected chi connectivity index (χ3v) is 4.55. The summed E-state index contributed by atoms with van der Waals surface area (Å²) in [5.41, 5.74) is 1.61. The predicted molar refractivity (Wildman–Crippen MR) is 82.8 cm³/mol. The molecule has 0 aliphatic carbocycles. The number of anilines is 1. The van der Waals surface area contributed by atoms with Crippen molar-refractivity contribution in [2.24, 2.45) is 0 Å². The van der Waals surface area contributed by atoms with Crippen molar-refractivity contribution in [3.05, 3.63) is 47.4 Å². The summed E-state index contributed by atoms with van der Waals surface area (Å²) < 4.78 is 32.8. The van der Waals surface area contributed by atoms with Crippen LogP contribution in [-0.2, 0) is 16.6 Å². The topological polar surface area (TPSA) is 71.3 Å². The second-order valence-electron chi connectivity index (χ2n) is 4.89. The van der Waals surface area contributed by atoms with Crippen molar-refractivity contribution in [1.82, 2.24) is 5.32 Å². The number of furan rings is 1. The van der Waals surface area contributed by atoms with Gasteiger partial charge in [0, 0.05) is 11.8 Å². The second kappa shape index (κ2) is 6.32. The van der Waals surface area contributed by atoms with Gasteiger partial charge < -0.3 is 9.73 Å². The van der Waals surface area contributed by atoms with Gasteiger partial charge in [0.05, 0.1) is 6.54 Å². The van der Waals surface area contributed by atoms with Crippen molar-refractivity contribution in [3.8, 4) is 0 Å². The van der Waals surface area contributed by atoms with E-state index in [-0.39, 0.29) is 4.90 Å². The summed E-state index contributed by atoms with van der Waals surface area (Å²) >= 11 is 0. The standard InChI is InChI=1S/C15H20N2O3S/c1-4-16-10-14-9-15(12(3)20-14)21(18,19)17-13-7-5-11(2)6-8-13/h5-9,16-17H,4,10H2,1-3H3. The highest BCUT2D eigenvalue weighted by Gasteiger charge is 2.21. The Morgan fingerprint density at radius 2 is 1.81 bits per heavy atom. The third-order valence-electron chi connectivity index (χ3n) is 3.07. The molecule has 0 atom stereocenters. The minimum atomic E-state index is -3.63. The predicted octanol–water partition coefficient (Wildman–Crippen LogP) is 2.81. The largest absolute Gasteiger partial charge is 0.464 e. The summed E-state index contributed by atoms with van der Waals surface area (Å²) in [4.78, 5) is 0.177. The number of sulfonamides is 1. The van der Waals surface area contributed by atoms with Gasteiger partial charge in [0.1, 0.15) is 16.4 Å². The fraction of sp³-hybridized carbons (Fsp3) is 0.333. The summed E-state index contributed by atoms with van der Waals surface area (Å²) in [6.45, 7) is 6.89. The van der Waals surface area contributed by atoms with E-state index in [0.717, 1.165) is 12.1 Å². The van der Waals surface area contributed by atoms with Crippen molar-refractivity contribution in [3.63, 3.8) is 0 Å². The maximum Gasteiger partial charge on any atom is 0.265 e. The fourth-order valence-corrected chi connectivity index (χ4v) is 3.22. The van der Waals surface area contributed by atoms with Gasteiger partial charge in [-0.25, -0.2) is 8.42 Å². The number of benzene rings is 1. The van der Waals surface area contributed by atoms with Crippen molar-refractivity contribution < 1.29 is 12.8 Å². The van der Waals surface area contributed by atoms with E-state index in [1.165, 1.54) is 0 Å². The molecule has 2 N–H and O–H groups in total. The first-order valence-electron chi connectivity index (χ1n) is 6.82. The van der Waals surface area contributed by atoms with E-state index in [0.29, 0.717) is 23.8 Å². The van der Waals surface area contributed by atoms with Gasteiger partial charge in [0.2, 0.25) is 0 Å². The van der Waals surface area contributed by atoms with E-state index in [1.54, 1.807) is 25.1 Å². The molecule has 0 aliphatic heterocycles. The molecule has 0 fully saturated rings. The first kappa shape index (κ1) is 15.6. The van der Waals surface area contributed by atoms with E-state index in [1.807, 2.05) is 26.0 Å². The summed E-state index contributed by atoms with van der Waals surface area (Å²) in [6.07, 6.45) is 0. The Morgan fingerprint density at radius 1 is 1.14 bits per heavy atom. The van der Waals surface area contributed by atoms with E-state index in [2.05, 4.69) is 10.0 Å².